The fourth-order valence-electron chi connectivity index (χ4n) is 3.24. The fourth-order valence-corrected chi connectivity index (χ4v) is 4.64. The molecule has 29 heavy (non-hydrogen) atoms. The van der Waals surface area contributed by atoms with Crippen molar-refractivity contribution in [1.82, 2.24) is 4.98 Å². The number of anilines is 1. The molecule has 2 N–H and O–H groups in total. The Hall–Kier alpha value is -2.83. The van der Waals surface area contributed by atoms with Crippen molar-refractivity contribution in [3.63, 3.8) is 0 Å². The van der Waals surface area contributed by atoms with Gasteiger partial charge in [-0.25, -0.2) is 8.42 Å². The van der Waals surface area contributed by atoms with Gasteiger partial charge in [0.25, 0.3) is 10.0 Å². The Kier molecular flexibility index (Phi) is 5.30. The van der Waals surface area contributed by atoms with Crippen molar-refractivity contribution in [1.29, 1.82) is 0 Å². The third-order valence-electron chi connectivity index (χ3n) is 4.74. The lowest BCUT2D eigenvalue weighted by atomic mass is 10.1. The van der Waals surface area contributed by atoms with Gasteiger partial charge >= 0.3 is 0 Å². The minimum Gasteiger partial charge on any atom is -0.353 e. The zero-order valence-corrected chi connectivity index (χ0v) is 18.1. The van der Waals surface area contributed by atoms with Crippen LogP contribution in [0.2, 0.25) is 0 Å². The van der Waals surface area contributed by atoms with E-state index in [-0.39, 0.29) is 4.90 Å². The predicted octanol–water partition coefficient (Wildman–Crippen LogP) is 6.22. The number of aromatic nitrogens is 1. The Bertz CT molecular complexity index is 1230. The molecule has 0 amide bonds. The highest BCUT2D eigenvalue weighted by atomic mass is 79.9. The van der Waals surface area contributed by atoms with E-state index in [2.05, 4.69) is 25.6 Å². The Labute approximate surface area is 178 Å². The van der Waals surface area contributed by atoms with Gasteiger partial charge in [0.2, 0.25) is 0 Å². The molecule has 0 aliphatic rings. The summed E-state index contributed by atoms with van der Waals surface area (Å²) >= 11 is 3.34. The van der Waals surface area contributed by atoms with Gasteiger partial charge in [-0.15, -0.1) is 0 Å². The Morgan fingerprint density at radius 3 is 1.83 bits per heavy atom. The van der Waals surface area contributed by atoms with E-state index in [4.69, 9.17) is 0 Å². The monoisotopic (exact) mass is 466 g/mol. The molecule has 0 aliphatic carbocycles. The van der Waals surface area contributed by atoms with Gasteiger partial charge in [0.05, 0.1) is 22.0 Å². The van der Waals surface area contributed by atoms with Crippen LogP contribution in [0.3, 0.4) is 0 Å². The number of hydrogen-bond acceptors (Lipinski definition) is 2. The lowest BCUT2D eigenvalue weighted by molar-refractivity contribution is 0.601. The molecule has 4 aromatic rings. The SMILES string of the molecule is Cc1c(-c2ccccc2)[nH]c(-c2ccccc2)c1NS(=O)(=O)c1ccc(Br)cc1. The van der Waals surface area contributed by atoms with Gasteiger partial charge in [-0.3, -0.25) is 4.72 Å². The molecule has 4 rings (SSSR count). The molecule has 0 atom stereocenters. The van der Waals surface area contributed by atoms with Crippen LogP contribution in [0.5, 0.6) is 0 Å². The minimum atomic E-state index is -3.74. The van der Waals surface area contributed by atoms with E-state index in [1.54, 1.807) is 24.3 Å². The van der Waals surface area contributed by atoms with Gasteiger partial charge in [-0.1, -0.05) is 76.6 Å². The highest BCUT2D eigenvalue weighted by Gasteiger charge is 2.22. The van der Waals surface area contributed by atoms with Crippen molar-refractivity contribution in [3.8, 4) is 22.5 Å². The van der Waals surface area contributed by atoms with Gasteiger partial charge < -0.3 is 4.98 Å². The molecule has 0 unspecified atom stereocenters. The van der Waals surface area contributed by atoms with Crippen LogP contribution in [0.4, 0.5) is 5.69 Å². The first-order valence-corrected chi connectivity index (χ1v) is 11.3. The molecule has 0 saturated carbocycles. The zero-order chi connectivity index (χ0) is 20.4. The smallest absolute Gasteiger partial charge is 0.261 e. The first kappa shape index (κ1) is 19.5. The topological polar surface area (TPSA) is 62.0 Å². The standard InChI is InChI=1S/C23H19BrN2O2S/c1-16-21(17-8-4-2-5-9-17)25-23(18-10-6-3-7-11-18)22(16)26-29(27,28)20-14-12-19(24)13-15-20/h2-15,25-26H,1H3. The number of hydrogen-bond donors (Lipinski definition) is 2. The molecule has 146 valence electrons. The van der Waals surface area contributed by atoms with Crippen molar-refractivity contribution < 1.29 is 8.42 Å². The fraction of sp³-hybridized carbons (Fsp3) is 0.0435. The van der Waals surface area contributed by atoms with Gasteiger partial charge in [0.1, 0.15) is 0 Å². The van der Waals surface area contributed by atoms with Crippen molar-refractivity contribution in [2.45, 2.75) is 11.8 Å². The van der Waals surface area contributed by atoms with E-state index < -0.39 is 10.0 Å². The summed E-state index contributed by atoms with van der Waals surface area (Å²) in [5.41, 5.74) is 4.93. The average molecular weight is 467 g/mol. The van der Waals surface area contributed by atoms with Crippen LogP contribution >= 0.6 is 15.9 Å². The number of aromatic amines is 1. The minimum absolute atomic E-state index is 0.210. The van der Waals surface area contributed by atoms with Gasteiger partial charge in [0.15, 0.2) is 0 Å². The first-order valence-electron chi connectivity index (χ1n) is 9.07. The maximum absolute atomic E-state index is 13.1. The van der Waals surface area contributed by atoms with Crippen molar-refractivity contribution in [3.05, 3.63) is 95.0 Å². The number of sulfonamides is 1. The largest absolute Gasteiger partial charge is 0.353 e. The molecule has 4 nitrogen and oxygen atoms in total. The van der Waals surface area contributed by atoms with Crippen LogP contribution in [0.25, 0.3) is 22.5 Å². The van der Waals surface area contributed by atoms with Crippen molar-refractivity contribution in [2.75, 3.05) is 4.72 Å². The van der Waals surface area contributed by atoms with Crippen LogP contribution in [-0.4, -0.2) is 13.4 Å². The number of H-pyrrole nitrogens is 1. The number of rotatable bonds is 5. The highest BCUT2D eigenvalue weighted by molar-refractivity contribution is 9.10. The third-order valence-corrected chi connectivity index (χ3v) is 6.63. The van der Waals surface area contributed by atoms with Gasteiger partial charge in [-0.05, 0) is 42.3 Å². The van der Waals surface area contributed by atoms with Gasteiger partial charge in [0, 0.05) is 10.0 Å². The molecule has 1 heterocycles. The molecule has 0 bridgehead atoms. The number of halogens is 1. The van der Waals surface area contributed by atoms with Crippen LogP contribution in [0, 0.1) is 6.92 Å². The zero-order valence-electron chi connectivity index (χ0n) is 15.7. The molecule has 1 aromatic heterocycles. The quantitative estimate of drug-likeness (QED) is 0.366. The molecule has 0 fully saturated rings. The Morgan fingerprint density at radius 2 is 1.28 bits per heavy atom. The summed E-state index contributed by atoms with van der Waals surface area (Å²) in [7, 11) is -3.74. The van der Waals surface area contributed by atoms with Crippen LogP contribution in [0.1, 0.15) is 5.56 Å². The summed E-state index contributed by atoms with van der Waals surface area (Å²) < 4.78 is 29.7. The maximum Gasteiger partial charge on any atom is 0.261 e. The summed E-state index contributed by atoms with van der Waals surface area (Å²) in [6, 6.07) is 26.2. The van der Waals surface area contributed by atoms with E-state index in [1.165, 1.54) is 0 Å². The second-order valence-electron chi connectivity index (χ2n) is 6.67. The summed E-state index contributed by atoms with van der Waals surface area (Å²) in [4.78, 5) is 3.64. The molecule has 3 aromatic carbocycles. The van der Waals surface area contributed by atoms with E-state index in [0.717, 1.165) is 32.6 Å². The molecule has 0 spiro atoms. The maximum atomic E-state index is 13.1. The highest BCUT2D eigenvalue weighted by Crippen LogP contribution is 2.38. The molecule has 0 radical (unpaired) electrons. The Morgan fingerprint density at radius 1 is 0.759 bits per heavy atom. The normalized spacial score (nSPS) is 11.4. The number of benzene rings is 3. The van der Waals surface area contributed by atoms with Crippen LogP contribution in [0.15, 0.2) is 94.3 Å². The van der Waals surface area contributed by atoms with Crippen molar-refractivity contribution in [2.24, 2.45) is 0 Å². The Balaban J connectivity index is 1.85. The van der Waals surface area contributed by atoms with Gasteiger partial charge in [-0.2, -0.15) is 0 Å². The van der Waals surface area contributed by atoms with E-state index in [1.807, 2.05) is 67.6 Å². The third kappa shape index (κ3) is 3.99. The second kappa shape index (κ2) is 7.89. The average Bonchev–Trinajstić information content (AvgIpc) is 3.05. The molecule has 0 aliphatic heterocycles. The summed E-state index contributed by atoms with van der Waals surface area (Å²) in [5.74, 6) is 0. The second-order valence-corrected chi connectivity index (χ2v) is 9.26. The summed E-state index contributed by atoms with van der Waals surface area (Å²) in [6.45, 7) is 1.92. The van der Waals surface area contributed by atoms with E-state index in [9.17, 15) is 8.42 Å². The molecule has 6 heteroatoms. The molecular formula is C23H19BrN2O2S. The number of nitrogens with one attached hydrogen (secondary N) is 2. The first-order chi connectivity index (χ1) is 14.0. The van der Waals surface area contributed by atoms with Crippen molar-refractivity contribution >= 4 is 31.6 Å². The lowest BCUT2D eigenvalue weighted by Crippen LogP contribution is -2.13. The summed E-state index contributed by atoms with van der Waals surface area (Å²) in [6.07, 6.45) is 0. The summed E-state index contributed by atoms with van der Waals surface area (Å²) in [5, 5.41) is 0. The molecular weight excluding hydrogens is 448 g/mol. The van der Waals surface area contributed by atoms with Crippen LogP contribution < -0.4 is 4.72 Å². The van der Waals surface area contributed by atoms with E-state index in [0.29, 0.717) is 5.69 Å². The lowest BCUT2D eigenvalue weighted by Gasteiger charge is -2.11. The van der Waals surface area contributed by atoms with Crippen LogP contribution in [-0.2, 0) is 10.0 Å². The van der Waals surface area contributed by atoms with E-state index >= 15 is 0 Å². The molecule has 0 saturated heterocycles. The predicted molar refractivity (Wildman–Crippen MR) is 121 cm³/mol.